The normalized spacial score (nSPS) is 23.4. The van der Waals surface area contributed by atoms with E-state index in [1.54, 1.807) is 11.3 Å². The van der Waals surface area contributed by atoms with Gasteiger partial charge in [0.1, 0.15) is 0 Å². The van der Waals surface area contributed by atoms with Crippen LogP contribution in [0.15, 0.2) is 28.6 Å². The van der Waals surface area contributed by atoms with Gasteiger partial charge in [-0.1, -0.05) is 36.7 Å². The van der Waals surface area contributed by atoms with Gasteiger partial charge < -0.3 is 10.4 Å². The maximum absolute atomic E-state index is 12.3. The minimum atomic E-state index is -0.405. The Labute approximate surface area is 138 Å². The molecule has 2 N–H and O–H groups in total. The van der Waals surface area contributed by atoms with Crippen molar-refractivity contribution in [2.75, 3.05) is 0 Å². The van der Waals surface area contributed by atoms with Gasteiger partial charge in [-0.05, 0) is 31.9 Å². The first-order valence-corrected chi connectivity index (χ1v) is 9.34. The number of hydrogen-bond donors (Lipinski definition) is 2. The summed E-state index contributed by atoms with van der Waals surface area (Å²) in [5.41, 5.74) is 0.977. The standard InChI is InChI=1S/C16H20N2O2S2/c1-10(15(20)17-11-6-2-4-8-13(11)19)21-16-18-12-7-3-5-9-14(12)22-16/h3,5,7,9-11,13,19H,2,4,6,8H2,1H3,(H,17,20). The quantitative estimate of drug-likeness (QED) is 0.842. The van der Waals surface area contributed by atoms with Crippen LogP contribution in [0.5, 0.6) is 0 Å². The second-order valence-corrected chi connectivity index (χ2v) is 8.29. The molecule has 0 bridgehead atoms. The van der Waals surface area contributed by atoms with Crippen molar-refractivity contribution in [3.05, 3.63) is 24.3 Å². The molecule has 118 valence electrons. The highest BCUT2D eigenvalue weighted by Gasteiger charge is 2.26. The van der Waals surface area contributed by atoms with E-state index in [-0.39, 0.29) is 17.2 Å². The predicted molar refractivity (Wildman–Crippen MR) is 91.3 cm³/mol. The van der Waals surface area contributed by atoms with Gasteiger partial charge in [0.15, 0.2) is 4.34 Å². The molecule has 3 unspecified atom stereocenters. The third-order valence-electron chi connectivity index (χ3n) is 3.98. The highest BCUT2D eigenvalue weighted by molar-refractivity contribution is 8.02. The van der Waals surface area contributed by atoms with Gasteiger partial charge in [0, 0.05) is 0 Å². The van der Waals surface area contributed by atoms with E-state index < -0.39 is 6.10 Å². The van der Waals surface area contributed by atoms with E-state index in [0.29, 0.717) is 0 Å². The van der Waals surface area contributed by atoms with Crippen molar-refractivity contribution in [1.82, 2.24) is 10.3 Å². The molecule has 1 saturated carbocycles. The summed E-state index contributed by atoms with van der Waals surface area (Å²) < 4.78 is 2.05. The average molecular weight is 336 g/mol. The summed E-state index contributed by atoms with van der Waals surface area (Å²) in [6, 6.07) is 7.89. The van der Waals surface area contributed by atoms with Crippen LogP contribution in [0.2, 0.25) is 0 Å². The smallest absolute Gasteiger partial charge is 0.233 e. The van der Waals surface area contributed by atoms with Crippen LogP contribution in [0.25, 0.3) is 10.2 Å². The zero-order chi connectivity index (χ0) is 15.5. The number of carbonyl (C=O) groups is 1. The first-order chi connectivity index (χ1) is 10.6. The Kier molecular flexibility index (Phi) is 5.00. The summed E-state index contributed by atoms with van der Waals surface area (Å²) in [5, 5.41) is 12.7. The number of aromatic nitrogens is 1. The van der Waals surface area contributed by atoms with Crippen LogP contribution in [0, 0.1) is 0 Å². The van der Waals surface area contributed by atoms with E-state index in [1.807, 2.05) is 31.2 Å². The Hall–Kier alpha value is -1.11. The second-order valence-electron chi connectivity index (χ2n) is 5.67. The molecule has 1 aliphatic carbocycles. The fraction of sp³-hybridized carbons (Fsp3) is 0.500. The Morgan fingerprint density at radius 3 is 2.95 bits per heavy atom. The topological polar surface area (TPSA) is 62.2 Å². The molecule has 1 aliphatic rings. The number of thiazole rings is 1. The Morgan fingerprint density at radius 2 is 2.18 bits per heavy atom. The lowest BCUT2D eigenvalue weighted by atomic mass is 9.92. The number of carbonyl (C=O) groups excluding carboxylic acids is 1. The van der Waals surface area contributed by atoms with Gasteiger partial charge in [-0.3, -0.25) is 4.79 Å². The van der Waals surface area contributed by atoms with Crippen LogP contribution in [-0.2, 0) is 4.79 Å². The summed E-state index contributed by atoms with van der Waals surface area (Å²) in [4.78, 5) is 16.9. The zero-order valence-electron chi connectivity index (χ0n) is 12.5. The van der Waals surface area contributed by atoms with Crippen molar-refractivity contribution in [1.29, 1.82) is 0 Å². The molecular weight excluding hydrogens is 316 g/mol. The highest BCUT2D eigenvalue weighted by atomic mass is 32.2. The first kappa shape index (κ1) is 15.8. The molecule has 3 rings (SSSR count). The molecule has 22 heavy (non-hydrogen) atoms. The summed E-state index contributed by atoms with van der Waals surface area (Å²) in [5.74, 6) is -0.0183. The Bertz CT molecular complexity index is 625. The van der Waals surface area contributed by atoms with E-state index >= 15 is 0 Å². The molecule has 0 radical (unpaired) electrons. The van der Waals surface area contributed by atoms with E-state index in [9.17, 15) is 9.90 Å². The number of para-hydroxylation sites is 1. The number of benzene rings is 1. The molecule has 1 amide bonds. The zero-order valence-corrected chi connectivity index (χ0v) is 14.1. The molecule has 2 aromatic rings. The molecule has 3 atom stereocenters. The van der Waals surface area contributed by atoms with Crippen LogP contribution in [0.4, 0.5) is 0 Å². The van der Waals surface area contributed by atoms with Gasteiger partial charge in [0.25, 0.3) is 0 Å². The Balaban J connectivity index is 1.60. The predicted octanol–water partition coefficient (Wildman–Crippen LogP) is 3.20. The molecular formula is C16H20N2O2S2. The maximum Gasteiger partial charge on any atom is 0.233 e. The number of nitrogens with one attached hydrogen (secondary N) is 1. The highest BCUT2D eigenvalue weighted by Crippen LogP contribution is 2.32. The fourth-order valence-corrected chi connectivity index (χ4v) is 4.91. The van der Waals surface area contributed by atoms with Crippen molar-refractivity contribution in [3.63, 3.8) is 0 Å². The van der Waals surface area contributed by atoms with Crippen LogP contribution in [-0.4, -0.2) is 33.4 Å². The van der Waals surface area contributed by atoms with Gasteiger partial charge in [-0.25, -0.2) is 4.98 Å². The monoisotopic (exact) mass is 336 g/mol. The number of thioether (sulfide) groups is 1. The molecule has 0 saturated heterocycles. The second kappa shape index (κ2) is 6.98. The van der Waals surface area contributed by atoms with E-state index in [2.05, 4.69) is 10.3 Å². The number of fused-ring (bicyclic) bond motifs is 1. The molecule has 6 heteroatoms. The number of aliphatic hydroxyl groups excluding tert-OH is 1. The molecule has 1 aromatic carbocycles. The first-order valence-electron chi connectivity index (χ1n) is 7.64. The molecule has 4 nitrogen and oxygen atoms in total. The number of amides is 1. The Morgan fingerprint density at radius 1 is 1.41 bits per heavy atom. The van der Waals surface area contributed by atoms with Crippen molar-refractivity contribution >= 4 is 39.2 Å². The summed E-state index contributed by atoms with van der Waals surface area (Å²) in [6.45, 7) is 1.89. The van der Waals surface area contributed by atoms with Crippen molar-refractivity contribution in [2.24, 2.45) is 0 Å². The van der Waals surface area contributed by atoms with Crippen LogP contribution < -0.4 is 5.32 Å². The minimum absolute atomic E-state index is 0.0183. The summed E-state index contributed by atoms with van der Waals surface area (Å²) in [7, 11) is 0. The third-order valence-corrected chi connectivity index (χ3v) is 6.21. The maximum atomic E-state index is 12.3. The molecule has 1 heterocycles. The van der Waals surface area contributed by atoms with Crippen LogP contribution in [0.1, 0.15) is 32.6 Å². The average Bonchev–Trinajstić information content (AvgIpc) is 2.91. The molecule has 1 fully saturated rings. The number of aliphatic hydroxyl groups is 1. The van der Waals surface area contributed by atoms with Crippen molar-refractivity contribution < 1.29 is 9.90 Å². The molecule has 0 spiro atoms. The van der Waals surface area contributed by atoms with Crippen LogP contribution >= 0.6 is 23.1 Å². The lowest BCUT2D eigenvalue weighted by Crippen LogP contribution is -2.47. The van der Waals surface area contributed by atoms with Crippen molar-refractivity contribution in [2.45, 2.75) is 54.3 Å². The fourth-order valence-electron chi connectivity index (χ4n) is 2.69. The molecule has 0 aliphatic heterocycles. The number of hydrogen-bond acceptors (Lipinski definition) is 5. The summed E-state index contributed by atoms with van der Waals surface area (Å²) in [6.07, 6.45) is 3.36. The van der Waals surface area contributed by atoms with Crippen molar-refractivity contribution in [3.8, 4) is 0 Å². The summed E-state index contributed by atoms with van der Waals surface area (Å²) >= 11 is 3.09. The van der Waals surface area contributed by atoms with Gasteiger partial charge in [-0.15, -0.1) is 11.3 Å². The largest absolute Gasteiger partial charge is 0.391 e. The van der Waals surface area contributed by atoms with Gasteiger partial charge in [-0.2, -0.15) is 0 Å². The lowest BCUT2D eigenvalue weighted by molar-refractivity contribution is -0.122. The van der Waals surface area contributed by atoms with Gasteiger partial charge in [0.05, 0.1) is 27.6 Å². The van der Waals surface area contributed by atoms with E-state index in [4.69, 9.17) is 0 Å². The lowest BCUT2D eigenvalue weighted by Gasteiger charge is -2.29. The SMILES string of the molecule is CC(Sc1nc2ccccc2s1)C(=O)NC1CCCCC1O. The minimum Gasteiger partial charge on any atom is -0.391 e. The van der Waals surface area contributed by atoms with Gasteiger partial charge in [0.2, 0.25) is 5.91 Å². The third kappa shape index (κ3) is 3.62. The number of rotatable bonds is 4. The molecule has 1 aromatic heterocycles. The van der Waals surface area contributed by atoms with E-state index in [1.165, 1.54) is 11.8 Å². The van der Waals surface area contributed by atoms with E-state index in [0.717, 1.165) is 40.2 Å². The number of nitrogens with zero attached hydrogens (tertiary/aromatic N) is 1. The van der Waals surface area contributed by atoms with Gasteiger partial charge >= 0.3 is 0 Å². The van der Waals surface area contributed by atoms with Crippen LogP contribution in [0.3, 0.4) is 0 Å².